The van der Waals surface area contributed by atoms with Gasteiger partial charge >= 0.3 is 11.7 Å². The third-order valence-electron chi connectivity index (χ3n) is 5.75. The van der Waals surface area contributed by atoms with E-state index in [4.69, 9.17) is 9.47 Å². The molecule has 9 nitrogen and oxygen atoms in total. The van der Waals surface area contributed by atoms with E-state index < -0.39 is 35.0 Å². The molecule has 0 radical (unpaired) electrons. The molecule has 1 aromatic carbocycles. The van der Waals surface area contributed by atoms with Crippen LogP contribution in [0, 0.1) is 12.7 Å². The first-order chi connectivity index (χ1) is 17.0. The minimum atomic E-state index is -1.10. The van der Waals surface area contributed by atoms with Gasteiger partial charge in [-0.05, 0) is 70.4 Å². The number of rotatable bonds is 9. The summed E-state index contributed by atoms with van der Waals surface area (Å²) in [7, 11) is 1.46. The first-order valence-corrected chi connectivity index (χ1v) is 12.4. The number of carbonyl (C=O) groups is 2. The Morgan fingerprint density at radius 3 is 2.50 bits per heavy atom. The van der Waals surface area contributed by atoms with Crippen molar-refractivity contribution in [3.63, 3.8) is 0 Å². The lowest BCUT2D eigenvalue weighted by molar-refractivity contribution is -0.124. The van der Waals surface area contributed by atoms with Crippen LogP contribution in [0.2, 0.25) is 0 Å². The first-order valence-electron chi connectivity index (χ1n) is 11.6. The Labute approximate surface area is 211 Å². The van der Waals surface area contributed by atoms with E-state index >= 15 is 0 Å². The highest BCUT2D eigenvalue weighted by Gasteiger charge is 2.27. The van der Waals surface area contributed by atoms with Crippen LogP contribution in [-0.2, 0) is 22.5 Å². The summed E-state index contributed by atoms with van der Waals surface area (Å²) in [5.41, 5.74) is -0.461. The van der Waals surface area contributed by atoms with Gasteiger partial charge < -0.3 is 14.8 Å². The van der Waals surface area contributed by atoms with Crippen LogP contribution >= 0.6 is 11.3 Å². The van der Waals surface area contributed by atoms with E-state index in [1.807, 2.05) is 0 Å². The van der Waals surface area contributed by atoms with E-state index in [0.29, 0.717) is 16.9 Å². The fourth-order valence-corrected chi connectivity index (χ4v) is 5.20. The summed E-state index contributed by atoms with van der Waals surface area (Å²) in [6.45, 7) is 8.50. The average Bonchev–Trinajstić information content (AvgIpc) is 3.16. The van der Waals surface area contributed by atoms with Gasteiger partial charge in [-0.1, -0.05) is 0 Å². The van der Waals surface area contributed by atoms with Crippen molar-refractivity contribution in [3.05, 3.63) is 60.9 Å². The fraction of sp³-hybridized carbons (Fsp3) is 0.440. The number of thiophene rings is 1. The zero-order chi connectivity index (χ0) is 26.7. The largest absolute Gasteiger partial charge is 0.496 e. The number of nitrogens with zero attached hydrogens (tertiary/aromatic N) is 2. The van der Waals surface area contributed by atoms with Crippen molar-refractivity contribution >= 4 is 33.4 Å². The molecular weight excluding hydrogens is 489 g/mol. The Bertz CT molecular complexity index is 1420. The molecule has 0 aliphatic heterocycles. The minimum absolute atomic E-state index is 0.0518. The van der Waals surface area contributed by atoms with Crippen LogP contribution in [0.1, 0.15) is 54.5 Å². The quantitative estimate of drug-likeness (QED) is 0.435. The van der Waals surface area contributed by atoms with E-state index in [0.717, 1.165) is 15.9 Å². The molecule has 0 fully saturated rings. The highest BCUT2D eigenvalue weighted by atomic mass is 32.1. The van der Waals surface area contributed by atoms with Crippen LogP contribution in [0.5, 0.6) is 5.75 Å². The molecule has 0 spiro atoms. The Morgan fingerprint density at radius 2 is 1.89 bits per heavy atom. The number of hydrogen-bond acceptors (Lipinski definition) is 7. The number of amides is 1. The molecule has 2 aromatic heterocycles. The van der Waals surface area contributed by atoms with E-state index in [1.165, 1.54) is 36.8 Å². The molecule has 1 N–H and O–H groups in total. The van der Waals surface area contributed by atoms with Crippen LogP contribution in [0.3, 0.4) is 0 Å². The van der Waals surface area contributed by atoms with Gasteiger partial charge in [0.05, 0.1) is 19.1 Å². The van der Waals surface area contributed by atoms with Gasteiger partial charge in [0.2, 0.25) is 5.91 Å². The number of esters is 1. The van der Waals surface area contributed by atoms with Crippen molar-refractivity contribution in [2.24, 2.45) is 0 Å². The lowest BCUT2D eigenvalue weighted by Crippen LogP contribution is -2.47. The van der Waals surface area contributed by atoms with Gasteiger partial charge in [0.1, 0.15) is 27.3 Å². The summed E-state index contributed by atoms with van der Waals surface area (Å²) in [5.74, 6) is -1.09. The highest BCUT2D eigenvalue weighted by Crippen LogP contribution is 2.29. The maximum atomic E-state index is 13.9. The number of methoxy groups -OCH3 is 1. The van der Waals surface area contributed by atoms with Gasteiger partial charge in [0.25, 0.3) is 5.56 Å². The van der Waals surface area contributed by atoms with Gasteiger partial charge in [-0.15, -0.1) is 11.3 Å². The molecule has 0 aliphatic rings. The third kappa shape index (κ3) is 5.20. The average molecular weight is 520 g/mol. The Hall–Kier alpha value is -3.47. The number of halogens is 1. The summed E-state index contributed by atoms with van der Waals surface area (Å²) < 4.78 is 26.6. The number of carbonyl (C=O) groups excluding carboxylic acids is 2. The second-order valence-electron chi connectivity index (χ2n) is 8.61. The molecule has 0 saturated carbocycles. The number of benzene rings is 1. The predicted octanol–water partition coefficient (Wildman–Crippen LogP) is 3.19. The maximum Gasteiger partial charge on any atom is 0.348 e. The van der Waals surface area contributed by atoms with E-state index in [9.17, 15) is 23.6 Å². The first kappa shape index (κ1) is 27.1. The molecule has 0 saturated heterocycles. The van der Waals surface area contributed by atoms with Crippen LogP contribution in [-0.4, -0.2) is 40.8 Å². The van der Waals surface area contributed by atoms with Crippen molar-refractivity contribution in [1.82, 2.24) is 14.5 Å². The lowest BCUT2D eigenvalue weighted by Gasteiger charge is -2.19. The maximum absolute atomic E-state index is 13.9. The zero-order valence-corrected chi connectivity index (χ0v) is 22.0. The second-order valence-corrected chi connectivity index (χ2v) is 9.61. The second kappa shape index (κ2) is 11.1. The SMILES string of the molecule is CCOC(=O)c1sc2c(c1C)c(=O)n(C(C)C(=O)NC(C)C)c(=O)n2CCc1cc(F)ccc1OC. The topological polar surface area (TPSA) is 109 Å². The normalized spacial score (nSPS) is 12.1. The van der Waals surface area contributed by atoms with Gasteiger partial charge in [0.15, 0.2) is 0 Å². The Balaban J connectivity index is 2.24. The number of ether oxygens (including phenoxy) is 2. The van der Waals surface area contributed by atoms with E-state index in [-0.39, 0.29) is 40.7 Å². The monoisotopic (exact) mass is 519 g/mol. The lowest BCUT2D eigenvalue weighted by atomic mass is 10.1. The summed E-state index contributed by atoms with van der Waals surface area (Å²) in [6, 6.07) is 2.80. The number of aromatic nitrogens is 2. The molecule has 0 aliphatic carbocycles. The molecule has 194 valence electrons. The number of nitrogens with one attached hydrogen (secondary N) is 1. The van der Waals surface area contributed by atoms with E-state index in [2.05, 4.69) is 5.32 Å². The van der Waals surface area contributed by atoms with Crippen LogP contribution in [0.15, 0.2) is 27.8 Å². The molecule has 1 atom stereocenters. The molecule has 2 heterocycles. The van der Waals surface area contributed by atoms with Gasteiger partial charge in [-0.3, -0.25) is 14.2 Å². The summed E-state index contributed by atoms with van der Waals surface area (Å²) in [6.07, 6.45) is 0.201. The third-order valence-corrected chi connectivity index (χ3v) is 7.04. The molecule has 36 heavy (non-hydrogen) atoms. The number of aryl methyl sites for hydroxylation is 3. The molecule has 1 amide bonds. The van der Waals surface area contributed by atoms with Crippen molar-refractivity contribution in [3.8, 4) is 5.75 Å². The van der Waals surface area contributed by atoms with Crippen molar-refractivity contribution in [2.45, 2.75) is 59.7 Å². The van der Waals surface area contributed by atoms with Crippen molar-refractivity contribution < 1.29 is 23.5 Å². The summed E-state index contributed by atoms with van der Waals surface area (Å²) in [4.78, 5) is 52.9. The van der Waals surface area contributed by atoms with Gasteiger partial charge in [-0.25, -0.2) is 18.5 Å². The highest BCUT2D eigenvalue weighted by molar-refractivity contribution is 7.20. The number of hydrogen-bond donors (Lipinski definition) is 1. The van der Waals surface area contributed by atoms with Crippen LogP contribution in [0.25, 0.3) is 10.2 Å². The van der Waals surface area contributed by atoms with Gasteiger partial charge in [0, 0.05) is 12.6 Å². The van der Waals surface area contributed by atoms with Crippen molar-refractivity contribution in [1.29, 1.82) is 0 Å². The molecule has 3 aromatic rings. The summed E-state index contributed by atoms with van der Waals surface area (Å²) >= 11 is 0.984. The fourth-order valence-electron chi connectivity index (χ4n) is 3.99. The van der Waals surface area contributed by atoms with Crippen molar-refractivity contribution in [2.75, 3.05) is 13.7 Å². The van der Waals surface area contributed by atoms with E-state index in [1.54, 1.807) is 27.7 Å². The smallest absolute Gasteiger partial charge is 0.348 e. The Morgan fingerprint density at radius 1 is 1.19 bits per heavy atom. The molecule has 11 heteroatoms. The number of fused-ring (bicyclic) bond motifs is 1. The predicted molar refractivity (Wildman–Crippen MR) is 136 cm³/mol. The summed E-state index contributed by atoms with van der Waals surface area (Å²) in [5, 5.41) is 2.89. The standard InChI is InChI=1S/C25H30FN3O6S/c1-7-35-24(32)20-14(4)19-22(31)29(15(5)21(30)27-13(2)3)25(33)28(23(19)36-20)11-10-16-12-17(26)8-9-18(16)34-6/h8-9,12-13,15H,7,10-11H2,1-6H3,(H,27,30). The zero-order valence-electron chi connectivity index (χ0n) is 21.1. The van der Waals surface area contributed by atoms with Crippen LogP contribution < -0.4 is 21.3 Å². The minimum Gasteiger partial charge on any atom is -0.496 e. The molecule has 0 bridgehead atoms. The molecule has 3 rings (SSSR count). The Kier molecular flexibility index (Phi) is 8.34. The van der Waals surface area contributed by atoms with Crippen LogP contribution in [0.4, 0.5) is 4.39 Å². The van der Waals surface area contributed by atoms with Gasteiger partial charge in [-0.2, -0.15) is 0 Å². The molecule has 1 unspecified atom stereocenters. The molecular formula is C25H30FN3O6S.